The Hall–Kier alpha value is -0.170. The quantitative estimate of drug-likeness (QED) is 0.415. The summed E-state index contributed by atoms with van der Waals surface area (Å²) in [6.07, 6.45) is 13.7. The number of fused-ring (bicyclic) bond motifs is 5. The van der Waals surface area contributed by atoms with Crippen LogP contribution in [0.25, 0.3) is 0 Å². The molecule has 23 heavy (non-hydrogen) atoms. The van der Waals surface area contributed by atoms with Crippen LogP contribution in [0.4, 0.5) is 0 Å². The lowest BCUT2D eigenvalue weighted by Crippen LogP contribution is -2.50. The monoisotopic (exact) mass is 330 g/mol. The first-order chi connectivity index (χ1) is 10.9. The van der Waals surface area contributed by atoms with Gasteiger partial charge in [-0.25, -0.2) is 0 Å². The summed E-state index contributed by atoms with van der Waals surface area (Å²) >= 11 is 4.79. The van der Waals surface area contributed by atoms with Crippen molar-refractivity contribution >= 4 is 12.6 Å². The van der Waals surface area contributed by atoms with Crippen LogP contribution >= 0.6 is 12.6 Å². The third-order valence-corrected chi connectivity index (χ3v) is 9.11. The molecule has 1 heteroatoms. The Morgan fingerprint density at radius 1 is 1.13 bits per heavy atom. The van der Waals surface area contributed by atoms with E-state index < -0.39 is 0 Å². The standard InChI is InChI=1S/C22H34S/c1-14(2)18-7-8-19-17-6-5-15-13-16(23)9-11-21(15,3)20(17)10-12-22(18,19)4/h5,16-20,23H,1,6-13H2,2-4H3. The molecule has 0 amide bonds. The van der Waals surface area contributed by atoms with Crippen LogP contribution in [0.3, 0.4) is 0 Å². The van der Waals surface area contributed by atoms with E-state index in [1.807, 2.05) is 0 Å². The second-order valence-corrected chi connectivity index (χ2v) is 10.4. The van der Waals surface area contributed by atoms with Crippen LogP contribution in [-0.2, 0) is 0 Å². The zero-order valence-corrected chi connectivity index (χ0v) is 16.2. The maximum atomic E-state index is 4.79. The highest BCUT2D eigenvalue weighted by molar-refractivity contribution is 7.80. The van der Waals surface area contributed by atoms with Crippen LogP contribution in [0.2, 0.25) is 0 Å². The van der Waals surface area contributed by atoms with Gasteiger partial charge in [-0.3, -0.25) is 0 Å². The molecule has 3 saturated carbocycles. The third-order valence-electron chi connectivity index (χ3n) is 8.67. The molecule has 128 valence electrons. The molecule has 0 spiro atoms. The van der Waals surface area contributed by atoms with Gasteiger partial charge in [0.2, 0.25) is 0 Å². The molecule has 0 radical (unpaired) electrons. The van der Waals surface area contributed by atoms with Gasteiger partial charge in [0.15, 0.2) is 0 Å². The molecule has 4 rings (SSSR count). The highest BCUT2D eigenvalue weighted by Crippen LogP contribution is 2.67. The maximum absolute atomic E-state index is 4.79. The lowest BCUT2D eigenvalue weighted by atomic mass is 9.47. The van der Waals surface area contributed by atoms with E-state index >= 15 is 0 Å². The van der Waals surface area contributed by atoms with Crippen molar-refractivity contribution in [3.05, 3.63) is 23.8 Å². The van der Waals surface area contributed by atoms with Gasteiger partial charge in [0, 0.05) is 5.25 Å². The van der Waals surface area contributed by atoms with Crippen molar-refractivity contribution in [2.45, 2.75) is 77.4 Å². The normalized spacial score (nSPS) is 52.2. The van der Waals surface area contributed by atoms with Gasteiger partial charge < -0.3 is 0 Å². The van der Waals surface area contributed by atoms with Gasteiger partial charge in [-0.15, -0.1) is 0 Å². The topological polar surface area (TPSA) is 0 Å². The van der Waals surface area contributed by atoms with E-state index in [2.05, 4.69) is 33.4 Å². The maximum Gasteiger partial charge on any atom is 0.00545 e. The first kappa shape index (κ1) is 16.3. The van der Waals surface area contributed by atoms with E-state index in [1.54, 1.807) is 5.57 Å². The summed E-state index contributed by atoms with van der Waals surface area (Å²) < 4.78 is 0. The Balaban J connectivity index is 1.66. The molecule has 0 saturated heterocycles. The van der Waals surface area contributed by atoms with E-state index in [4.69, 9.17) is 12.6 Å². The van der Waals surface area contributed by atoms with Crippen molar-refractivity contribution in [3.63, 3.8) is 0 Å². The van der Waals surface area contributed by atoms with Gasteiger partial charge in [0.1, 0.15) is 0 Å². The molecule has 0 heterocycles. The lowest BCUT2D eigenvalue weighted by molar-refractivity contribution is -0.0356. The van der Waals surface area contributed by atoms with Gasteiger partial charge in [0.05, 0.1) is 0 Å². The summed E-state index contributed by atoms with van der Waals surface area (Å²) in [7, 11) is 0. The molecule has 0 aromatic rings. The number of rotatable bonds is 1. The fourth-order valence-corrected chi connectivity index (χ4v) is 7.78. The van der Waals surface area contributed by atoms with E-state index in [0.29, 0.717) is 16.1 Å². The van der Waals surface area contributed by atoms with Gasteiger partial charge in [-0.2, -0.15) is 12.6 Å². The minimum Gasteiger partial charge on any atom is -0.176 e. The van der Waals surface area contributed by atoms with Crippen molar-refractivity contribution in [2.75, 3.05) is 0 Å². The second kappa shape index (κ2) is 5.41. The van der Waals surface area contributed by atoms with Gasteiger partial charge in [0.25, 0.3) is 0 Å². The van der Waals surface area contributed by atoms with E-state index in [9.17, 15) is 0 Å². The Morgan fingerprint density at radius 2 is 1.91 bits per heavy atom. The van der Waals surface area contributed by atoms with E-state index in [0.717, 1.165) is 23.7 Å². The number of thiol groups is 1. The van der Waals surface area contributed by atoms with Crippen molar-refractivity contribution in [1.82, 2.24) is 0 Å². The van der Waals surface area contributed by atoms with Crippen LogP contribution < -0.4 is 0 Å². The molecule has 4 aliphatic carbocycles. The Bertz CT molecular complexity index is 546. The summed E-state index contributed by atoms with van der Waals surface area (Å²) in [4.78, 5) is 0. The summed E-state index contributed by atoms with van der Waals surface area (Å²) in [5.74, 6) is 3.58. The number of allylic oxidation sites excluding steroid dienone is 3. The minimum absolute atomic E-state index is 0.491. The average Bonchev–Trinajstić information content (AvgIpc) is 2.85. The minimum atomic E-state index is 0.491. The molecule has 7 atom stereocenters. The van der Waals surface area contributed by atoms with Crippen LogP contribution in [-0.4, -0.2) is 5.25 Å². The molecule has 0 bridgehead atoms. The van der Waals surface area contributed by atoms with Crippen molar-refractivity contribution in [2.24, 2.45) is 34.5 Å². The predicted molar refractivity (Wildman–Crippen MR) is 103 cm³/mol. The molecular weight excluding hydrogens is 296 g/mol. The molecular formula is C22H34S. The second-order valence-electron chi connectivity index (χ2n) is 9.68. The summed E-state index contributed by atoms with van der Waals surface area (Å²) in [5.41, 5.74) is 4.24. The van der Waals surface area contributed by atoms with Gasteiger partial charge in [-0.05, 0) is 92.8 Å². The van der Waals surface area contributed by atoms with E-state index in [-0.39, 0.29) is 0 Å². The summed E-state index contributed by atoms with van der Waals surface area (Å²) in [6, 6.07) is 0. The Morgan fingerprint density at radius 3 is 2.65 bits per heavy atom. The molecule has 7 unspecified atom stereocenters. The smallest absolute Gasteiger partial charge is 0.00545 e. The SMILES string of the molecule is C=C(C)C1CCC2C3CC=C4CC(S)CCC4(C)C3CCC12C. The highest BCUT2D eigenvalue weighted by atomic mass is 32.1. The first-order valence-electron chi connectivity index (χ1n) is 9.89. The largest absolute Gasteiger partial charge is 0.176 e. The van der Waals surface area contributed by atoms with Gasteiger partial charge >= 0.3 is 0 Å². The molecule has 0 aromatic carbocycles. The number of hydrogen-bond acceptors (Lipinski definition) is 1. The fraction of sp³-hybridized carbons (Fsp3) is 0.818. The third kappa shape index (κ3) is 2.25. The zero-order chi connectivity index (χ0) is 16.4. The van der Waals surface area contributed by atoms with Crippen molar-refractivity contribution in [1.29, 1.82) is 0 Å². The van der Waals surface area contributed by atoms with Crippen molar-refractivity contribution < 1.29 is 0 Å². The molecule has 0 nitrogen and oxygen atoms in total. The first-order valence-corrected chi connectivity index (χ1v) is 10.4. The van der Waals surface area contributed by atoms with Crippen LogP contribution in [0.15, 0.2) is 23.8 Å². The molecule has 4 aliphatic rings. The number of hydrogen-bond donors (Lipinski definition) is 1. The summed E-state index contributed by atoms with van der Waals surface area (Å²) in [6.45, 7) is 11.8. The molecule has 0 N–H and O–H groups in total. The predicted octanol–water partition coefficient (Wildman–Crippen LogP) is 6.44. The Labute approximate surface area is 148 Å². The van der Waals surface area contributed by atoms with Crippen LogP contribution in [0.5, 0.6) is 0 Å². The summed E-state index contributed by atoms with van der Waals surface area (Å²) in [5, 5.41) is 0.610. The van der Waals surface area contributed by atoms with Crippen LogP contribution in [0.1, 0.15) is 72.1 Å². The Kier molecular flexibility index (Phi) is 3.84. The fourth-order valence-electron chi connectivity index (χ4n) is 7.45. The van der Waals surface area contributed by atoms with Gasteiger partial charge in [-0.1, -0.05) is 37.6 Å². The van der Waals surface area contributed by atoms with Crippen molar-refractivity contribution in [3.8, 4) is 0 Å². The molecule has 3 fully saturated rings. The lowest BCUT2D eigenvalue weighted by Gasteiger charge is -2.58. The molecule has 0 aliphatic heterocycles. The zero-order valence-electron chi connectivity index (χ0n) is 15.3. The highest BCUT2D eigenvalue weighted by Gasteiger charge is 2.58. The van der Waals surface area contributed by atoms with Crippen LogP contribution in [0, 0.1) is 34.5 Å². The molecule has 0 aromatic heterocycles. The van der Waals surface area contributed by atoms with E-state index in [1.165, 1.54) is 56.9 Å². The average molecular weight is 331 g/mol.